The zero-order valence-corrected chi connectivity index (χ0v) is 8.17. The maximum Gasteiger partial charge on any atom is 0.151 e. The molecule has 0 radical (unpaired) electrons. The van der Waals surface area contributed by atoms with E-state index in [0.29, 0.717) is 22.9 Å². The average Bonchev–Trinajstić information content (AvgIpc) is 2.16. The molecule has 0 N–H and O–H groups in total. The Morgan fingerprint density at radius 3 is 2.92 bits per heavy atom. The van der Waals surface area contributed by atoms with Crippen LogP contribution >= 0.6 is 11.6 Å². The number of hydrogen-bond donors (Lipinski definition) is 0. The van der Waals surface area contributed by atoms with E-state index < -0.39 is 0 Å². The number of halogens is 1. The van der Waals surface area contributed by atoms with Gasteiger partial charge in [0.1, 0.15) is 5.75 Å². The molecule has 0 heterocycles. The maximum atomic E-state index is 10.5. The number of carbonyl (C=O) groups excluding carboxylic acids is 1. The van der Waals surface area contributed by atoms with E-state index in [2.05, 4.69) is 0 Å². The van der Waals surface area contributed by atoms with Gasteiger partial charge in [0.05, 0.1) is 11.6 Å². The summed E-state index contributed by atoms with van der Waals surface area (Å²) in [6.07, 6.45) is 1.64. The van der Waals surface area contributed by atoms with Gasteiger partial charge in [-0.3, -0.25) is 4.79 Å². The Hall–Kier alpha value is -1.02. The minimum atomic E-state index is 0.394. The maximum absolute atomic E-state index is 10.5. The summed E-state index contributed by atoms with van der Waals surface area (Å²) < 4.78 is 5.34. The standard InChI is InChI=1S/C10H11ClO2/c1-2-6-13-9-5-3-4-8(7-12)10(9)11/h3-5,7H,2,6H2,1H3. The summed E-state index contributed by atoms with van der Waals surface area (Å²) in [4.78, 5) is 10.5. The molecule has 1 aromatic carbocycles. The molecule has 0 aliphatic carbocycles. The highest BCUT2D eigenvalue weighted by molar-refractivity contribution is 6.34. The van der Waals surface area contributed by atoms with Crippen molar-refractivity contribution in [2.75, 3.05) is 6.61 Å². The third kappa shape index (κ3) is 2.46. The lowest BCUT2D eigenvalue weighted by Crippen LogP contribution is -1.96. The molecule has 13 heavy (non-hydrogen) atoms. The first-order valence-electron chi connectivity index (χ1n) is 4.16. The van der Waals surface area contributed by atoms with Crippen molar-refractivity contribution < 1.29 is 9.53 Å². The van der Waals surface area contributed by atoms with E-state index in [0.717, 1.165) is 12.7 Å². The van der Waals surface area contributed by atoms with E-state index in [1.165, 1.54) is 0 Å². The van der Waals surface area contributed by atoms with E-state index in [4.69, 9.17) is 16.3 Å². The molecule has 0 fully saturated rings. The van der Waals surface area contributed by atoms with Crippen LogP contribution in [0.25, 0.3) is 0 Å². The molecule has 2 nitrogen and oxygen atoms in total. The molecule has 0 aromatic heterocycles. The predicted molar refractivity (Wildman–Crippen MR) is 52.6 cm³/mol. The second kappa shape index (κ2) is 4.87. The SMILES string of the molecule is CCCOc1cccc(C=O)c1Cl. The number of benzene rings is 1. The third-order valence-corrected chi connectivity index (χ3v) is 1.99. The van der Waals surface area contributed by atoms with Crippen molar-refractivity contribution in [1.82, 2.24) is 0 Å². The first-order chi connectivity index (χ1) is 6.29. The molecule has 0 spiro atoms. The Morgan fingerprint density at radius 1 is 1.54 bits per heavy atom. The first kappa shape index (κ1) is 10.1. The van der Waals surface area contributed by atoms with Gasteiger partial charge in [-0.2, -0.15) is 0 Å². The molecule has 0 bridgehead atoms. The van der Waals surface area contributed by atoms with Crippen LogP contribution in [0.1, 0.15) is 23.7 Å². The van der Waals surface area contributed by atoms with Gasteiger partial charge in [0.2, 0.25) is 0 Å². The van der Waals surface area contributed by atoms with Crippen molar-refractivity contribution in [2.45, 2.75) is 13.3 Å². The van der Waals surface area contributed by atoms with Crippen molar-refractivity contribution in [2.24, 2.45) is 0 Å². The van der Waals surface area contributed by atoms with Crippen LogP contribution < -0.4 is 4.74 Å². The lowest BCUT2D eigenvalue weighted by molar-refractivity contribution is 0.112. The molecule has 0 saturated heterocycles. The minimum absolute atomic E-state index is 0.394. The lowest BCUT2D eigenvalue weighted by Gasteiger charge is -2.07. The summed E-state index contributed by atoms with van der Waals surface area (Å²) in [5.74, 6) is 0.577. The van der Waals surface area contributed by atoms with Crippen molar-refractivity contribution in [3.05, 3.63) is 28.8 Å². The highest BCUT2D eigenvalue weighted by Gasteiger charge is 2.05. The first-order valence-corrected chi connectivity index (χ1v) is 4.54. The van der Waals surface area contributed by atoms with Gasteiger partial charge in [0.15, 0.2) is 6.29 Å². The van der Waals surface area contributed by atoms with Gasteiger partial charge in [-0.25, -0.2) is 0 Å². The van der Waals surface area contributed by atoms with Gasteiger partial charge in [-0.15, -0.1) is 0 Å². The van der Waals surface area contributed by atoms with Crippen LogP contribution in [-0.2, 0) is 0 Å². The van der Waals surface area contributed by atoms with Crippen LogP contribution in [0, 0.1) is 0 Å². The van der Waals surface area contributed by atoms with Crippen LogP contribution in [-0.4, -0.2) is 12.9 Å². The zero-order valence-electron chi connectivity index (χ0n) is 7.42. The molecule has 0 amide bonds. The van der Waals surface area contributed by atoms with Crippen LogP contribution in [0.5, 0.6) is 5.75 Å². The van der Waals surface area contributed by atoms with Crippen molar-refractivity contribution >= 4 is 17.9 Å². The Labute approximate surface area is 82.5 Å². The molecule has 1 rings (SSSR count). The minimum Gasteiger partial charge on any atom is -0.492 e. The molecule has 0 aliphatic heterocycles. The van der Waals surface area contributed by atoms with E-state index in [1.54, 1.807) is 18.2 Å². The quantitative estimate of drug-likeness (QED) is 0.696. The fourth-order valence-corrected chi connectivity index (χ4v) is 1.17. The van der Waals surface area contributed by atoms with Crippen LogP contribution in [0.3, 0.4) is 0 Å². The highest BCUT2D eigenvalue weighted by Crippen LogP contribution is 2.26. The summed E-state index contributed by atoms with van der Waals surface area (Å²) in [5, 5.41) is 0.394. The van der Waals surface area contributed by atoms with E-state index in [1.807, 2.05) is 6.92 Å². The van der Waals surface area contributed by atoms with Gasteiger partial charge < -0.3 is 4.74 Å². The van der Waals surface area contributed by atoms with Crippen LogP contribution in [0.15, 0.2) is 18.2 Å². The van der Waals surface area contributed by atoms with Crippen molar-refractivity contribution in [1.29, 1.82) is 0 Å². The van der Waals surface area contributed by atoms with E-state index in [9.17, 15) is 4.79 Å². The second-order valence-corrected chi connectivity index (χ2v) is 3.00. The summed E-state index contributed by atoms with van der Waals surface area (Å²) in [6.45, 7) is 2.62. The largest absolute Gasteiger partial charge is 0.492 e. The number of ether oxygens (including phenoxy) is 1. The van der Waals surface area contributed by atoms with Crippen molar-refractivity contribution in [3.8, 4) is 5.75 Å². The van der Waals surface area contributed by atoms with Crippen LogP contribution in [0.4, 0.5) is 0 Å². The number of carbonyl (C=O) groups is 1. The topological polar surface area (TPSA) is 26.3 Å². The zero-order chi connectivity index (χ0) is 9.68. The highest BCUT2D eigenvalue weighted by atomic mass is 35.5. The molecule has 0 aliphatic rings. The fraction of sp³-hybridized carbons (Fsp3) is 0.300. The monoisotopic (exact) mass is 198 g/mol. The third-order valence-electron chi connectivity index (χ3n) is 1.58. The summed E-state index contributed by atoms with van der Waals surface area (Å²) >= 11 is 5.89. The lowest BCUT2D eigenvalue weighted by atomic mass is 10.2. The summed E-state index contributed by atoms with van der Waals surface area (Å²) in [7, 11) is 0. The molecule has 0 unspecified atom stereocenters. The van der Waals surface area contributed by atoms with Gasteiger partial charge in [0, 0.05) is 5.56 Å². The molecule has 70 valence electrons. The average molecular weight is 199 g/mol. The summed E-state index contributed by atoms with van der Waals surface area (Å²) in [5.41, 5.74) is 0.468. The normalized spacial score (nSPS) is 9.69. The van der Waals surface area contributed by atoms with Gasteiger partial charge >= 0.3 is 0 Å². The fourth-order valence-electron chi connectivity index (χ4n) is 0.942. The summed E-state index contributed by atoms with van der Waals surface area (Å²) in [6, 6.07) is 5.17. The van der Waals surface area contributed by atoms with Crippen LogP contribution in [0.2, 0.25) is 5.02 Å². The molecule has 0 saturated carbocycles. The smallest absolute Gasteiger partial charge is 0.151 e. The Balaban J connectivity index is 2.87. The molecule has 0 atom stereocenters. The number of aldehydes is 1. The molecular formula is C10H11ClO2. The van der Waals surface area contributed by atoms with E-state index >= 15 is 0 Å². The predicted octanol–water partition coefficient (Wildman–Crippen LogP) is 2.94. The Bertz CT molecular complexity index is 297. The molecular weight excluding hydrogens is 188 g/mol. The number of rotatable bonds is 4. The number of hydrogen-bond acceptors (Lipinski definition) is 2. The van der Waals surface area contributed by atoms with Gasteiger partial charge in [-0.05, 0) is 18.6 Å². The van der Waals surface area contributed by atoms with Gasteiger partial charge in [-0.1, -0.05) is 24.6 Å². The molecule has 3 heteroatoms. The second-order valence-electron chi connectivity index (χ2n) is 2.63. The van der Waals surface area contributed by atoms with Crippen molar-refractivity contribution in [3.63, 3.8) is 0 Å². The Morgan fingerprint density at radius 2 is 2.31 bits per heavy atom. The Kier molecular flexibility index (Phi) is 3.77. The van der Waals surface area contributed by atoms with Gasteiger partial charge in [0.25, 0.3) is 0 Å². The van der Waals surface area contributed by atoms with E-state index in [-0.39, 0.29) is 0 Å². The molecule has 1 aromatic rings.